The van der Waals surface area contributed by atoms with E-state index < -0.39 is 0 Å². The van der Waals surface area contributed by atoms with Gasteiger partial charge in [0.05, 0.1) is 6.42 Å². The zero-order valence-corrected chi connectivity index (χ0v) is 11.1. The number of benzene rings is 1. The van der Waals surface area contributed by atoms with Crippen LogP contribution in [0.5, 0.6) is 0 Å². The van der Waals surface area contributed by atoms with Crippen LogP contribution in [0.2, 0.25) is 0 Å². The summed E-state index contributed by atoms with van der Waals surface area (Å²) in [5, 5.41) is 0. The fourth-order valence-electron chi connectivity index (χ4n) is 2.33. The Bertz CT molecular complexity index is 395. The van der Waals surface area contributed by atoms with Crippen LogP contribution in [0.4, 0.5) is 0 Å². The van der Waals surface area contributed by atoms with Crippen molar-refractivity contribution in [1.29, 1.82) is 0 Å². The summed E-state index contributed by atoms with van der Waals surface area (Å²) in [6, 6.07) is 8.62. The van der Waals surface area contributed by atoms with Gasteiger partial charge in [-0.25, -0.2) is 0 Å². The van der Waals surface area contributed by atoms with E-state index in [-0.39, 0.29) is 5.91 Å². The number of carbonyl (C=O) groups is 1. The highest BCUT2D eigenvalue weighted by Gasteiger charge is 2.27. The highest BCUT2D eigenvalue weighted by atomic mass is 16.2. The van der Waals surface area contributed by atoms with Crippen LogP contribution in [-0.4, -0.2) is 29.9 Å². The van der Waals surface area contributed by atoms with E-state index in [1.807, 2.05) is 17.0 Å². The smallest absolute Gasteiger partial charge is 0.227 e. The Labute approximate surface area is 109 Å². The van der Waals surface area contributed by atoms with Crippen molar-refractivity contribution in [3.05, 3.63) is 35.4 Å². The van der Waals surface area contributed by atoms with Gasteiger partial charge in [0.1, 0.15) is 0 Å². The van der Waals surface area contributed by atoms with Crippen LogP contribution in [-0.2, 0) is 11.2 Å². The molecule has 0 spiro atoms. The maximum atomic E-state index is 12.3. The van der Waals surface area contributed by atoms with Crippen molar-refractivity contribution in [2.45, 2.75) is 38.6 Å². The van der Waals surface area contributed by atoms with E-state index in [0.717, 1.165) is 18.4 Å². The summed E-state index contributed by atoms with van der Waals surface area (Å²) >= 11 is 0. The van der Waals surface area contributed by atoms with Crippen molar-refractivity contribution < 1.29 is 4.79 Å². The minimum atomic E-state index is 0.217. The predicted molar refractivity (Wildman–Crippen MR) is 73.3 cm³/mol. The van der Waals surface area contributed by atoms with E-state index in [2.05, 4.69) is 19.1 Å². The van der Waals surface area contributed by atoms with Crippen molar-refractivity contribution >= 4 is 5.91 Å². The quantitative estimate of drug-likeness (QED) is 0.862. The zero-order valence-electron chi connectivity index (χ0n) is 11.1. The van der Waals surface area contributed by atoms with Gasteiger partial charge in [-0.1, -0.05) is 29.8 Å². The second-order valence-corrected chi connectivity index (χ2v) is 5.12. The first-order valence-electron chi connectivity index (χ1n) is 6.76. The molecule has 1 saturated carbocycles. The normalized spacial score (nSPS) is 15.2. The lowest BCUT2D eigenvalue weighted by Gasteiger charge is -2.37. The van der Waals surface area contributed by atoms with Gasteiger partial charge in [-0.2, -0.15) is 0 Å². The topological polar surface area (TPSA) is 46.3 Å². The standard InChI is InChI=1S/C15H22N2O/c1-12-5-7-13(8-6-12)11-15(18)17(10-9-16)14-3-2-4-14/h5-8,14H,2-4,9-11,16H2,1H3. The van der Waals surface area contributed by atoms with Crippen LogP contribution in [0.3, 0.4) is 0 Å². The molecule has 1 aromatic carbocycles. The molecule has 1 aliphatic rings. The van der Waals surface area contributed by atoms with Gasteiger partial charge in [-0.3, -0.25) is 4.79 Å². The summed E-state index contributed by atoms with van der Waals surface area (Å²) in [5.41, 5.74) is 7.92. The van der Waals surface area contributed by atoms with Crippen molar-refractivity contribution in [3.8, 4) is 0 Å². The van der Waals surface area contributed by atoms with Crippen molar-refractivity contribution in [2.75, 3.05) is 13.1 Å². The summed E-state index contributed by atoms with van der Waals surface area (Å²) in [4.78, 5) is 14.3. The van der Waals surface area contributed by atoms with E-state index in [4.69, 9.17) is 5.73 Å². The summed E-state index contributed by atoms with van der Waals surface area (Å²) < 4.78 is 0. The minimum absolute atomic E-state index is 0.217. The molecule has 1 fully saturated rings. The Morgan fingerprint density at radius 1 is 1.33 bits per heavy atom. The predicted octanol–water partition coefficient (Wildman–Crippen LogP) is 1.88. The van der Waals surface area contributed by atoms with Crippen molar-refractivity contribution in [2.24, 2.45) is 5.73 Å². The molecule has 0 aliphatic heterocycles. The number of aryl methyl sites for hydroxylation is 1. The van der Waals surface area contributed by atoms with Crippen molar-refractivity contribution in [3.63, 3.8) is 0 Å². The molecular weight excluding hydrogens is 224 g/mol. The highest BCUT2D eigenvalue weighted by Crippen LogP contribution is 2.25. The number of hydrogen-bond acceptors (Lipinski definition) is 2. The molecule has 0 unspecified atom stereocenters. The minimum Gasteiger partial charge on any atom is -0.338 e. The van der Waals surface area contributed by atoms with Gasteiger partial charge in [-0.05, 0) is 31.7 Å². The molecule has 2 rings (SSSR count). The number of carbonyl (C=O) groups excluding carboxylic acids is 1. The zero-order chi connectivity index (χ0) is 13.0. The molecule has 0 aromatic heterocycles. The monoisotopic (exact) mass is 246 g/mol. The van der Waals surface area contributed by atoms with Gasteiger partial charge in [0, 0.05) is 19.1 Å². The fraction of sp³-hybridized carbons (Fsp3) is 0.533. The molecule has 1 aromatic rings. The lowest BCUT2D eigenvalue weighted by Crippen LogP contribution is -2.47. The molecule has 3 nitrogen and oxygen atoms in total. The van der Waals surface area contributed by atoms with Gasteiger partial charge in [-0.15, -0.1) is 0 Å². The third kappa shape index (κ3) is 3.10. The van der Waals surface area contributed by atoms with E-state index in [1.165, 1.54) is 12.0 Å². The number of amides is 1. The third-order valence-electron chi connectivity index (χ3n) is 3.68. The molecule has 98 valence electrons. The average molecular weight is 246 g/mol. The van der Waals surface area contributed by atoms with E-state index in [9.17, 15) is 4.79 Å². The first-order chi connectivity index (χ1) is 8.70. The molecule has 0 heterocycles. The second-order valence-electron chi connectivity index (χ2n) is 5.12. The van der Waals surface area contributed by atoms with Crippen LogP contribution in [0, 0.1) is 6.92 Å². The first-order valence-corrected chi connectivity index (χ1v) is 6.76. The van der Waals surface area contributed by atoms with Gasteiger partial charge in [0.25, 0.3) is 0 Å². The van der Waals surface area contributed by atoms with Crippen molar-refractivity contribution in [1.82, 2.24) is 4.90 Å². The number of nitrogens with zero attached hydrogens (tertiary/aromatic N) is 1. The van der Waals surface area contributed by atoms with Gasteiger partial charge in [0.2, 0.25) is 5.91 Å². The molecule has 0 saturated heterocycles. The van der Waals surface area contributed by atoms with E-state index >= 15 is 0 Å². The Balaban J connectivity index is 1.97. The maximum absolute atomic E-state index is 12.3. The van der Waals surface area contributed by atoms with Crippen LogP contribution in [0.15, 0.2) is 24.3 Å². The highest BCUT2D eigenvalue weighted by molar-refractivity contribution is 5.79. The SMILES string of the molecule is Cc1ccc(CC(=O)N(CCN)C2CCC2)cc1. The van der Waals surface area contributed by atoms with Crippen LogP contribution >= 0.6 is 0 Å². The van der Waals surface area contributed by atoms with Crippen LogP contribution in [0.25, 0.3) is 0 Å². The fourth-order valence-corrected chi connectivity index (χ4v) is 2.33. The molecule has 1 aliphatic carbocycles. The Kier molecular flexibility index (Phi) is 4.37. The first kappa shape index (κ1) is 13.1. The van der Waals surface area contributed by atoms with Gasteiger partial charge in [0.15, 0.2) is 0 Å². The summed E-state index contributed by atoms with van der Waals surface area (Å²) in [6.45, 7) is 3.30. The maximum Gasteiger partial charge on any atom is 0.227 e. The molecule has 18 heavy (non-hydrogen) atoms. The second kappa shape index (κ2) is 6.01. The lowest BCUT2D eigenvalue weighted by atomic mass is 9.91. The van der Waals surface area contributed by atoms with Crippen LogP contribution in [0.1, 0.15) is 30.4 Å². The molecule has 3 heteroatoms. The molecule has 1 amide bonds. The largest absolute Gasteiger partial charge is 0.338 e. The number of rotatable bonds is 5. The molecule has 0 bridgehead atoms. The third-order valence-corrected chi connectivity index (χ3v) is 3.68. The Morgan fingerprint density at radius 3 is 2.50 bits per heavy atom. The molecule has 0 radical (unpaired) electrons. The molecular formula is C15H22N2O. The van der Waals surface area contributed by atoms with E-state index in [1.54, 1.807) is 0 Å². The molecule has 0 atom stereocenters. The Morgan fingerprint density at radius 2 is 2.00 bits per heavy atom. The summed E-state index contributed by atoms with van der Waals surface area (Å²) in [6.07, 6.45) is 4.01. The van der Waals surface area contributed by atoms with E-state index in [0.29, 0.717) is 25.6 Å². The average Bonchev–Trinajstić information content (AvgIpc) is 2.29. The Hall–Kier alpha value is -1.35. The molecule has 2 N–H and O–H groups in total. The number of nitrogens with two attached hydrogens (primary N) is 1. The number of hydrogen-bond donors (Lipinski definition) is 1. The lowest BCUT2D eigenvalue weighted by molar-refractivity contribution is -0.134. The summed E-state index contributed by atoms with van der Waals surface area (Å²) in [5.74, 6) is 0.217. The van der Waals surface area contributed by atoms with Crippen LogP contribution < -0.4 is 5.73 Å². The van der Waals surface area contributed by atoms with Gasteiger partial charge >= 0.3 is 0 Å². The van der Waals surface area contributed by atoms with Gasteiger partial charge < -0.3 is 10.6 Å². The summed E-state index contributed by atoms with van der Waals surface area (Å²) in [7, 11) is 0.